The second-order valence-corrected chi connectivity index (χ2v) is 5.88. The molecule has 0 saturated carbocycles. The van der Waals surface area contributed by atoms with Gasteiger partial charge in [0, 0.05) is 30.9 Å². The molecule has 7 nitrogen and oxygen atoms in total. The molecule has 1 aliphatic rings. The first-order valence-corrected chi connectivity index (χ1v) is 8.21. The molecule has 2 aromatic rings. The van der Waals surface area contributed by atoms with E-state index < -0.39 is 0 Å². The quantitative estimate of drug-likeness (QED) is 0.831. The van der Waals surface area contributed by atoms with E-state index in [0.29, 0.717) is 18.7 Å². The van der Waals surface area contributed by atoms with Crippen LogP contribution in [0.1, 0.15) is 30.1 Å². The lowest BCUT2D eigenvalue weighted by atomic mass is 10.1. The van der Waals surface area contributed by atoms with E-state index in [1.54, 1.807) is 34.3 Å². The van der Waals surface area contributed by atoms with Crippen molar-refractivity contribution in [3.63, 3.8) is 0 Å². The molecule has 1 saturated heterocycles. The molecule has 24 heavy (non-hydrogen) atoms. The molecule has 7 heteroatoms. The smallest absolute Gasteiger partial charge is 0.254 e. The second-order valence-electron chi connectivity index (χ2n) is 5.88. The van der Waals surface area contributed by atoms with Gasteiger partial charge in [0.2, 0.25) is 5.91 Å². The van der Waals surface area contributed by atoms with Crippen molar-refractivity contribution in [2.75, 3.05) is 26.2 Å². The summed E-state index contributed by atoms with van der Waals surface area (Å²) in [4.78, 5) is 28.4. The zero-order valence-electron chi connectivity index (χ0n) is 13.8. The molecule has 0 spiro atoms. The maximum atomic E-state index is 12.7. The molecule has 0 unspecified atom stereocenters. The topological polar surface area (TPSA) is 71.3 Å². The van der Waals surface area contributed by atoms with Crippen LogP contribution in [-0.4, -0.2) is 62.6 Å². The summed E-state index contributed by atoms with van der Waals surface area (Å²) in [6.45, 7) is 4.22. The van der Waals surface area contributed by atoms with Crippen LogP contribution >= 0.6 is 0 Å². The number of benzene rings is 1. The standard InChI is InChI=1S/C17H21N5O2/c1-2-3-7-20-8-9-21(11-16(20)23)17(24)14-5-4-6-15(10-14)22-12-18-19-13-22/h4-6,10,12-13H,2-3,7-9,11H2,1H3. The van der Waals surface area contributed by atoms with E-state index in [0.717, 1.165) is 25.1 Å². The number of hydrogen-bond donors (Lipinski definition) is 0. The van der Waals surface area contributed by atoms with Gasteiger partial charge in [-0.25, -0.2) is 0 Å². The van der Waals surface area contributed by atoms with Crippen LogP contribution in [0.15, 0.2) is 36.9 Å². The fraction of sp³-hybridized carbons (Fsp3) is 0.412. The van der Waals surface area contributed by atoms with E-state index >= 15 is 0 Å². The second kappa shape index (κ2) is 7.25. The lowest BCUT2D eigenvalue weighted by molar-refractivity contribution is -0.135. The minimum absolute atomic E-state index is 0.0259. The van der Waals surface area contributed by atoms with Gasteiger partial charge < -0.3 is 9.80 Å². The number of aromatic nitrogens is 3. The van der Waals surface area contributed by atoms with Gasteiger partial charge in [-0.3, -0.25) is 14.2 Å². The Kier molecular flexibility index (Phi) is 4.88. The third-order valence-electron chi connectivity index (χ3n) is 4.20. The highest BCUT2D eigenvalue weighted by molar-refractivity contribution is 5.97. The average molecular weight is 327 g/mol. The Morgan fingerprint density at radius 2 is 2.00 bits per heavy atom. The molecule has 1 fully saturated rings. The van der Waals surface area contributed by atoms with Gasteiger partial charge in [0.15, 0.2) is 0 Å². The van der Waals surface area contributed by atoms with Crippen molar-refractivity contribution in [2.24, 2.45) is 0 Å². The molecule has 3 rings (SSSR count). The molecule has 1 aliphatic heterocycles. The SMILES string of the molecule is CCCCN1CCN(C(=O)c2cccc(-n3cnnc3)c2)CC1=O. The van der Waals surface area contributed by atoms with Crippen molar-refractivity contribution >= 4 is 11.8 Å². The number of piperazine rings is 1. The normalized spacial score (nSPS) is 15.0. The summed E-state index contributed by atoms with van der Waals surface area (Å²) >= 11 is 0. The van der Waals surface area contributed by atoms with Gasteiger partial charge in [0.25, 0.3) is 5.91 Å². The first-order valence-electron chi connectivity index (χ1n) is 8.21. The van der Waals surface area contributed by atoms with Crippen LogP contribution < -0.4 is 0 Å². The maximum absolute atomic E-state index is 12.7. The number of carbonyl (C=O) groups excluding carboxylic acids is 2. The number of hydrogen-bond acceptors (Lipinski definition) is 4. The van der Waals surface area contributed by atoms with Crippen molar-refractivity contribution in [1.82, 2.24) is 24.6 Å². The summed E-state index contributed by atoms with van der Waals surface area (Å²) in [7, 11) is 0. The lowest BCUT2D eigenvalue weighted by Crippen LogP contribution is -2.52. The van der Waals surface area contributed by atoms with Crippen molar-refractivity contribution in [3.05, 3.63) is 42.5 Å². The van der Waals surface area contributed by atoms with Crippen LogP contribution in [0.5, 0.6) is 0 Å². The summed E-state index contributed by atoms with van der Waals surface area (Å²) < 4.78 is 1.74. The van der Waals surface area contributed by atoms with E-state index in [9.17, 15) is 9.59 Å². The molecule has 126 valence electrons. The van der Waals surface area contributed by atoms with Crippen molar-refractivity contribution in [2.45, 2.75) is 19.8 Å². The fourth-order valence-corrected chi connectivity index (χ4v) is 2.78. The Balaban J connectivity index is 1.69. The zero-order valence-corrected chi connectivity index (χ0v) is 13.8. The Labute approximate surface area is 140 Å². The molecule has 0 aliphatic carbocycles. The molecule has 0 bridgehead atoms. The molecule has 0 N–H and O–H groups in total. The van der Waals surface area contributed by atoms with Crippen LogP contribution in [0.3, 0.4) is 0 Å². The fourth-order valence-electron chi connectivity index (χ4n) is 2.78. The number of carbonyl (C=O) groups is 2. The van der Waals surface area contributed by atoms with Gasteiger partial charge in [-0.1, -0.05) is 19.4 Å². The van der Waals surface area contributed by atoms with E-state index in [2.05, 4.69) is 17.1 Å². The highest BCUT2D eigenvalue weighted by Crippen LogP contribution is 2.14. The van der Waals surface area contributed by atoms with Crippen LogP contribution in [-0.2, 0) is 4.79 Å². The minimum atomic E-state index is -0.117. The van der Waals surface area contributed by atoms with Crippen LogP contribution in [0, 0.1) is 0 Å². The van der Waals surface area contributed by atoms with Crippen LogP contribution in [0.25, 0.3) is 5.69 Å². The third kappa shape index (κ3) is 3.45. The molecular formula is C17H21N5O2. The van der Waals surface area contributed by atoms with Crippen molar-refractivity contribution in [3.8, 4) is 5.69 Å². The largest absolute Gasteiger partial charge is 0.339 e. The lowest BCUT2D eigenvalue weighted by Gasteiger charge is -2.34. The molecule has 1 aromatic heterocycles. The molecule has 2 heterocycles. The third-order valence-corrected chi connectivity index (χ3v) is 4.20. The highest BCUT2D eigenvalue weighted by Gasteiger charge is 2.27. The summed E-state index contributed by atoms with van der Waals surface area (Å²) in [5, 5.41) is 7.55. The zero-order chi connectivity index (χ0) is 16.9. The predicted molar refractivity (Wildman–Crippen MR) is 88.8 cm³/mol. The van der Waals surface area contributed by atoms with E-state index in [1.165, 1.54) is 0 Å². The van der Waals surface area contributed by atoms with Gasteiger partial charge in [-0.2, -0.15) is 0 Å². The first-order chi connectivity index (χ1) is 11.7. The summed E-state index contributed by atoms with van der Waals surface area (Å²) in [6.07, 6.45) is 5.22. The van der Waals surface area contributed by atoms with E-state index in [1.807, 2.05) is 17.0 Å². The monoisotopic (exact) mass is 327 g/mol. The van der Waals surface area contributed by atoms with Gasteiger partial charge in [-0.05, 0) is 24.6 Å². The van der Waals surface area contributed by atoms with Crippen LogP contribution in [0.2, 0.25) is 0 Å². The Morgan fingerprint density at radius 3 is 2.71 bits per heavy atom. The number of rotatable bonds is 5. The van der Waals surface area contributed by atoms with Gasteiger partial charge in [0.1, 0.15) is 19.2 Å². The highest BCUT2D eigenvalue weighted by atomic mass is 16.2. The number of nitrogens with zero attached hydrogens (tertiary/aromatic N) is 5. The molecule has 0 atom stereocenters. The van der Waals surface area contributed by atoms with Crippen molar-refractivity contribution in [1.29, 1.82) is 0 Å². The van der Waals surface area contributed by atoms with Gasteiger partial charge in [-0.15, -0.1) is 10.2 Å². The Morgan fingerprint density at radius 1 is 1.21 bits per heavy atom. The maximum Gasteiger partial charge on any atom is 0.254 e. The van der Waals surface area contributed by atoms with E-state index in [4.69, 9.17) is 0 Å². The summed E-state index contributed by atoms with van der Waals surface area (Å²) in [5.74, 6) is -0.0913. The van der Waals surface area contributed by atoms with Gasteiger partial charge in [0.05, 0.1) is 0 Å². The first kappa shape index (κ1) is 16.2. The minimum Gasteiger partial charge on any atom is -0.339 e. The van der Waals surface area contributed by atoms with Gasteiger partial charge >= 0.3 is 0 Å². The van der Waals surface area contributed by atoms with Crippen LogP contribution in [0.4, 0.5) is 0 Å². The number of unbranched alkanes of at least 4 members (excludes halogenated alkanes) is 1. The van der Waals surface area contributed by atoms with Crippen molar-refractivity contribution < 1.29 is 9.59 Å². The number of amides is 2. The summed E-state index contributed by atoms with van der Waals surface area (Å²) in [5.41, 5.74) is 1.38. The summed E-state index contributed by atoms with van der Waals surface area (Å²) in [6, 6.07) is 7.26. The predicted octanol–water partition coefficient (Wildman–Crippen LogP) is 1.35. The molecule has 0 radical (unpaired) electrons. The average Bonchev–Trinajstić information content (AvgIpc) is 3.15. The Bertz CT molecular complexity index is 714. The van der Waals surface area contributed by atoms with E-state index in [-0.39, 0.29) is 18.4 Å². The molecule has 1 aromatic carbocycles. The Hall–Kier alpha value is -2.70. The molecule has 2 amide bonds. The molecular weight excluding hydrogens is 306 g/mol.